The highest BCUT2D eigenvalue weighted by Crippen LogP contribution is 2.37. The van der Waals surface area contributed by atoms with E-state index in [9.17, 15) is 0 Å². The Balaban J connectivity index is 2.36. The lowest BCUT2D eigenvalue weighted by molar-refractivity contribution is 0.979. The third-order valence-corrected chi connectivity index (χ3v) is 3.76. The summed E-state index contributed by atoms with van der Waals surface area (Å²) in [5.41, 5.74) is 5.06. The molecular weight excluding hydrogens is 268 g/mol. The minimum atomic E-state index is 0.581. The van der Waals surface area contributed by atoms with Crippen LogP contribution in [-0.2, 0) is 0 Å². The van der Waals surface area contributed by atoms with Crippen molar-refractivity contribution in [1.29, 1.82) is 0 Å². The smallest absolute Gasteiger partial charge is 0.0658 e. The summed E-state index contributed by atoms with van der Waals surface area (Å²) in [5.74, 6) is 0. The number of rotatable bonds is 7. The monoisotopic (exact) mass is 290 g/mol. The highest BCUT2D eigenvalue weighted by atomic mass is 35.5. The van der Waals surface area contributed by atoms with E-state index < -0.39 is 0 Å². The summed E-state index contributed by atoms with van der Waals surface area (Å²) in [7, 11) is 0. The quantitative estimate of drug-likeness (QED) is 0.664. The maximum Gasteiger partial charge on any atom is 0.0658 e. The van der Waals surface area contributed by atoms with Gasteiger partial charge in [0.05, 0.1) is 10.7 Å². The second kappa shape index (κ2) is 6.36. The van der Waals surface area contributed by atoms with E-state index in [1.807, 2.05) is 13.0 Å². The molecule has 0 aromatic heterocycles. The maximum absolute atomic E-state index is 6.37. The van der Waals surface area contributed by atoms with Crippen LogP contribution in [0.2, 0.25) is 5.02 Å². The summed E-state index contributed by atoms with van der Waals surface area (Å²) < 4.78 is 0. The van der Waals surface area contributed by atoms with Crippen molar-refractivity contribution >= 4 is 28.5 Å². The number of hydrogen-bond donors (Lipinski definition) is 2. The third kappa shape index (κ3) is 3.57. The first-order valence-electron chi connectivity index (χ1n) is 7.22. The zero-order chi connectivity index (χ0) is 14.7. The first kappa shape index (κ1) is 15.0. The molecule has 2 rings (SSSR count). The van der Waals surface area contributed by atoms with E-state index in [1.165, 1.54) is 12.8 Å². The second-order valence-corrected chi connectivity index (χ2v) is 5.89. The van der Waals surface area contributed by atoms with Crippen LogP contribution in [0.1, 0.15) is 38.7 Å². The predicted octanol–water partition coefficient (Wildman–Crippen LogP) is 5.33. The van der Waals surface area contributed by atoms with Gasteiger partial charge >= 0.3 is 0 Å². The van der Waals surface area contributed by atoms with Gasteiger partial charge < -0.3 is 10.6 Å². The molecule has 0 heterocycles. The van der Waals surface area contributed by atoms with E-state index >= 15 is 0 Å². The van der Waals surface area contributed by atoms with Crippen molar-refractivity contribution in [2.45, 2.75) is 39.2 Å². The van der Waals surface area contributed by atoms with Gasteiger partial charge in [0, 0.05) is 23.8 Å². The molecule has 2 nitrogen and oxygen atoms in total. The fourth-order valence-electron chi connectivity index (χ4n) is 2.01. The fraction of sp³-hybridized carbons (Fsp3) is 0.412. The van der Waals surface area contributed by atoms with Crippen LogP contribution in [0, 0.1) is 0 Å². The molecule has 0 saturated heterocycles. The van der Waals surface area contributed by atoms with Crippen LogP contribution >= 0.6 is 11.6 Å². The third-order valence-electron chi connectivity index (χ3n) is 3.45. The predicted molar refractivity (Wildman–Crippen MR) is 90.7 cm³/mol. The molecule has 0 atom stereocenters. The molecule has 1 fully saturated rings. The molecule has 0 radical (unpaired) electrons. The van der Waals surface area contributed by atoms with Gasteiger partial charge in [-0.25, -0.2) is 0 Å². The van der Waals surface area contributed by atoms with Crippen LogP contribution in [0.25, 0.3) is 5.57 Å². The Bertz CT molecular complexity index is 530. The molecule has 1 saturated carbocycles. The van der Waals surface area contributed by atoms with Crippen LogP contribution in [0.4, 0.5) is 11.4 Å². The van der Waals surface area contributed by atoms with Crippen molar-refractivity contribution in [3.8, 4) is 0 Å². The van der Waals surface area contributed by atoms with Crippen molar-refractivity contribution in [3.05, 3.63) is 41.4 Å². The number of nitrogens with one attached hydrogen (secondary N) is 2. The van der Waals surface area contributed by atoms with Gasteiger partial charge in [0.1, 0.15) is 0 Å². The minimum Gasteiger partial charge on any atom is -0.384 e. The molecule has 108 valence electrons. The minimum absolute atomic E-state index is 0.581. The number of benzene rings is 1. The van der Waals surface area contributed by atoms with Gasteiger partial charge in [0.2, 0.25) is 0 Å². The second-order valence-electron chi connectivity index (χ2n) is 5.48. The number of halogens is 1. The van der Waals surface area contributed by atoms with E-state index in [-0.39, 0.29) is 0 Å². The van der Waals surface area contributed by atoms with Crippen molar-refractivity contribution in [3.63, 3.8) is 0 Å². The van der Waals surface area contributed by atoms with Crippen molar-refractivity contribution in [1.82, 2.24) is 0 Å². The molecule has 1 aromatic rings. The summed E-state index contributed by atoms with van der Waals surface area (Å²) >= 11 is 6.37. The summed E-state index contributed by atoms with van der Waals surface area (Å²) in [6.07, 6.45) is 3.52. The van der Waals surface area contributed by atoms with Crippen molar-refractivity contribution in [2.24, 2.45) is 0 Å². The average Bonchev–Trinajstić information content (AvgIpc) is 3.21. The molecule has 0 unspecified atom stereocenters. The van der Waals surface area contributed by atoms with Gasteiger partial charge in [-0.2, -0.15) is 0 Å². The molecule has 1 aliphatic carbocycles. The number of hydrogen-bond acceptors (Lipinski definition) is 2. The molecule has 3 heteroatoms. The van der Waals surface area contributed by atoms with Gasteiger partial charge in [0.25, 0.3) is 0 Å². The molecule has 0 aliphatic heterocycles. The van der Waals surface area contributed by atoms with Gasteiger partial charge in [-0.3, -0.25) is 0 Å². The van der Waals surface area contributed by atoms with Gasteiger partial charge in [-0.1, -0.05) is 37.3 Å². The first-order chi connectivity index (χ1) is 9.52. The largest absolute Gasteiger partial charge is 0.384 e. The Labute approximate surface area is 126 Å². The molecule has 0 spiro atoms. The Kier molecular flexibility index (Phi) is 4.77. The lowest BCUT2D eigenvalue weighted by Gasteiger charge is -2.17. The van der Waals surface area contributed by atoms with Gasteiger partial charge in [-0.05, 0) is 43.9 Å². The summed E-state index contributed by atoms with van der Waals surface area (Å²) in [5, 5.41) is 7.64. The topological polar surface area (TPSA) is 24.1 Å². The lowest BCUT2D eigenvalue weighted by atomic mass is 9.99. The van der Waals surface area contributed by atoms with Gasteiger partial charge in [0.15, 0.2) is 0 Å². The standard InChI is InChI=1S/C17H23ClN2/c1-5-8-19-17-9-14(12(4)11(2)3)16(10-15(17)18)20-13-6-7-13/h9-10,13,19-20H,2,4-8H2,1,3H3. The number of allylic oxidation sites excluding steroid dienone is 2. The van der Waals surface area contributed by atoms with E-state index in [4.69, 9.17) is 11.6 Å². The molecule has 0 bridgehead atoms. The van der Waals surface area contributed by atoms with Crippen LogP contribution < -0.4 is 10.6 Å². The first-order valence-corrected chi connectivity index (χ1v) is 7.59. The van der Waals surface area contributed by atoms with Crippen LogP contribution in [-0.4, -0.2) is 12.6 Å². The Morgan fingerprint density at radius 1 is 1.30 bits per heavy atom. The number of anilines is 2. The normalized spacial score (nSPS) is 13.9. The maximum atomic E-state index is 6.37. The summed E-state index contributed by atoms with van der Waals surface area (Å²) in [6, 6.07) is 4.67. The average molecular weight is 291 g/mol. The Morgan fingerprint density at radius 2 is 2.00 bits per heavy atom. The Hall–Kier alpha value is -1.41. The van der Waals surface area contributed by atoms with Crippen LogP contribution in [0.15, 0.2) is 30.9 Å². The van der Waals surface area contributed by atoms with E-state index in [1.54, 1.807) is 0 Å². The summed E-state index contributed by atoms with van der Waals surface area (Å²) in [4.78, 5) is 0. The van der Waals surface area contributed by atoms with Crippen LogP contribution in [0.5, 0.6) is 0 Å². The summed E-state index contributed by atoms with van der Waals surface area (Å²) in [6.45, 7) is 13.2. The SMILES string of the molecule is C=C(C)C(=C)c1cc(NCCC)c(Cl)cc1NC1CC1. The van der Waals surface area contributed by atoms with E-state index in [2.05, 4.69) is 36.8 Å². The molecule has 20 heavy (non-hydrogen) atoms. The zero-order valence-electron chi connectivity index (χ0n) is 12.4. The van der Waals surface area contributed by atoms with E-state index in [0.717, 1.165) is 46.1 Å². The molecule has 2 N–H and O–H groups in total. The lowest BCUT2D eigenvalue weighted by Crippen LogP contribution is -2.06. The fourth-order valence-corrected chi connectivity index (χ4v) is 2.25. The highest BCUT2D eigenvalue weighted by Gasteiger charge is 2.23. The van der Waals surface area contributed by atoms with Crippen molar-refractivity contribution in [2.75, 3.05) is 17.2 Å². The van der Waals surface area contributed by atoms with E-state index in [0.29, 0.717) is 6.04 Å². The zero-order valence-corrected chi connectivity index (χ0v) is 13.1. The molecular formula is C17H23ClN2. The van der Waals surface area contributed by atoms with Gasteiger partial charge in [-0.15, -0.1) is 0 Å². The Morgan fingerprint density at radius 3 is 2.55 bits per heavy atom. The molecule has 1 aromatic carbocycles. The highest BCUT2D eigenvalue weighted by molar-refractivity contribution is 6.33. The molecule has 1 aliphatic rings. The van der Waals surface area contributed by atoms with Crippen molar-refractivity contribution < 1.29 is 0 Å². The molecule has 0 amide bonds. The van der Waals surface area contributed by atoms with Crippen LogP contribution in [0.3, 0.4) is 0 Å².